The van der Waals surface area contributed by atoms with E-state index in [0.29, 0.717) is 16.7 Å². The van der Waals surface area contributed by atoms with E-state index >= 15 is 0 Å². The van der Waals surface area contributed by atoms with Crippen LogP contribution in [0, 0.1) is 5.82 Å². The first kappa shape index (κ1) is 15.4. The molecule has 0 fully saturated rings. The Morgan fingerprint density at radius 1 is 1.43 bits per heavy atom. The van der Waals surface area contributed by atoms with Crippen LogP contribution in [0.25, 0.3) is 0 Å². The number of carboxylic acids is 1. The number of hydrogen-bond donors (Lipinski definition) is 2. The molecule has 1 atom stereocenters. The molecule has 0 saturated heterocycles. The zero-order valence-corrected chi connectivity index (χ0v) is 12.9. The van der Waals surface area contributed by atoms with Crippen LogP contribution in [-0.4, -0.2) is 22.1 Å². The van der Waals surface area contributed by atoms with Gasteiger partial charge in [-0.15, -0.1) is 0 Å². The lowest BCUT2D eigenvalue weighted by Gasteiger charge is -2.16. The Morgan fingerprint density at radius 3 is 2.71 bits per heavy atom. The fraction of sp³-hybridized carbons (Fsp3) is 0.200. The maximum atomic E-state index is 12.9. The number of hydrogen-bond acceptors (Lipinski definition) is 3. The third-order valence-corrected chi connectivity index (χ3v) is 3.36. The van der Waals surface area contributed by atoms with Crippen molar-refractivity contribution < 1.29 is 14.3 Å². The number of benzene rings is 1. The first-order chi connectivity index (χ1) is 9.95. The van der Waals surface area contributed by atoms with E-state index in [9.17, 15) is 14.3 Å². The van der Waals surface area contributed by atoms with Crippen molar-refractivity contribution in [1.29, 1.82) is 0 Å². The first-order valence-electron chi connectivity index (χ1n) is 6.35. The second-order valence-corrected chi connectivity index (χ2v) is 5.65. The Morgan fingerprint density at radius 2 is 2.10 bits per heavy atom. The van der Waals surface area contributed by atoms with Gasteiger partial charge in [0.25, 0.3) is 0 Å². The highest BCUT2D eigenvalue weighted by Crippen LogP contribution is 2.19. The Balaban J connectivity index is 2.10. The summed E-state index contributed by atoms with van der Waals surface area (Å²) < 4.78 is 13.5. The summed E-state index contributed by atoms with van der Waals surface area (Å²) >= 11 is 3.20. The van der Waals surface area contributed by atoms with E-state index in [1.165, 1.54) is 18.2 Å². The Hall–Kier alpha value is -1.95. The number of carboxylic acid groups (broad SMARTS) is 1. The van der Waals surface area contributed by atoms with Gasteiger partial charge in [0.15, 0.2) is 0 Å². The molecule has 0 amide bonds. The van der Waals surface area contributed by atoms with Crippen LogP contribution in [0.15, 0.2) is 41.0 Å². The molecule has 110 valence electrons. The number of nitrogens with one attached hydrogen (secondary N) is 1. The zero-order valence-electron chi connectivity index (χ0n) is 11.3. The van der Waals surface area contributed by atoms with E-state index in [1.807, 2.05) is 6.92 Å². The van der Waals surface area contributed by atoms with E-state index in [-0.39, 0.29) is 17.4 Å². The SMILES string of the molecule is CC(Cc1ccc(F)cc1)Nc1ncc(Br)cc1C(=O)O. The molecule has 1 unspecified atom stereocenters. The molecule has 0 aliphatic heterocycles. The smallest absolute Gasteiger partial charge is 0.339 e. The summed E-state index contributed by atoms with van der Waals surface area (Å²) in [5, 5.41) is 12.3. The summed E-state index contributed by atoms with van der Waals surface area (Å²) in [5.74, 6) is -0.998. The van der Waals surface area contributed by atoms with Gasteiger partial charge >= 0.3 is 5.97 Å². The molecule has 0 bridgehead atoms. The molecular weight excluding hydrogens is 339 g/mol. The van der Waals surface area contributed by atoms with Crippen molar-refractivity contribution in [3.05, 3.63) is 57.9 Å². The molecule has 2 rings (SSSR count). The molecule has 2 N–H and O–H groups in total. The van der Waals surface area contributed by atoms with Crippen LogP contribution in [-0.2, 0) is 6.42 Å². The first-order valence-corrected chi connectivity index (χ1v) is 7.15. The summed E-state index contributed by atoms with van der Waals surface area (Å²) in [4.78, 5) is 15.3. The minimum atomic E-state index is -1.04. The van der Waals surface area contributed by atoms with Crippen molar-refractivity contribution in [3.8, 4) is 0 Å². The summed E-state index contributed by atoms with van der Waals surface area (Å²) in [5.41, 5.74) is 1.07. The van der Waals surface area contributed by atoms with Gasteiger partial charge in [-0.1, -0.05) is 12.1 Å². The number of nitrogens with zero attached hydrogens (tertiary/aromatic N) is 1. The van der Waals surface area contributed by atoms with Gasteiger partial charge in [0.1, 0.15) is 17.2 Å². The largest absolute Gasteiger partial charge is 0.478 e. The summed E-state index contributed by atoms with van der Waals surface area (Å²) in [6.07, 6.45) is 2.18. The predicted molar refractivity (Wildman–Crippen MR) is 82.1 cm³/mol. The highest BCUT2D eigenvalue weighted by atomic mass is 79.9. The van der Waals surface area contributed by atoms with Gasteiger partial charge in [-0.2, -0.15) is 0 Å². The normalized spacial score (nSPS) is 12.0. The molecule has 21 heavy (non-hydrogen) atoms. The third kappa shape index (κ3) is 4.26. The van der Waals surface area contributed by atoms with E-state index in [1.54, 1.807) is 18.3 Å². The number of halogens is 2. The molecule has 0 aliphatic rings. The molecule has 1 aromatic carbocycles. The molecule has 1 aromatic heterocycles. The van der Waals surface area contributed by atoms with Crippen molar-refractivity contribution in [2.75, 3.05) is 5.32 Å². The highest BCUT2D eigenvalue weighted by Gasteiger charge is 2.14. The van der Waals surface area contributed by atoms with E-state index in [2.05, 4.69) is 26.2 Å². The van der Waals surface area contributed by atoms with Crippen LogP contribution >= 0.6 is 15.9 Å². The van der Waals surface area contributed by atoms with Gasteiger partial charge in [0.05, 0.1) is 0 Å². The lowest BCUT2D eigenvalue weighted by molar-refractivity contribution is 0.0697. The maximum Gasteiger partial charge on any atom is 0.339 e. The fourth-order valence-electron chi connectivity index (χ4n) is 1.98. The van der Waals surface area contributed by atoms with E-state index in [4.69, 9.17) is 0 Å². The minimum Gasteiger partial charge on any atom is -0.478 e. The van der Waals surface area contributed by atoms with Crippen molar-refractivity contribution in [2.45, 2.75) is 19.4 Å². The summed E-state index contributed by atoms with van der Waals surface area (Å²) in [6, 6.07) is 7.69. The standard InChI is InChI=1S/C15H14BrFN2O2/c1-9(6-10-2-4-12(17)5-3-10)19-14-13(15(20)21)7-11(16)8-18-14/h2-5,7-9H,6H2,1H3,(H,18,19)(H,20,21). The number of anilines is 1. The van der Waals surface area contributed by atoms with Crippen molar-refractivity contribution in [2.24, 2.45) is 0 Å². The maximum absolute atomic E-state index is 12.9. The quantitative estimate of drug-likeness (QED) is 0.860. The second-order valence-electron chi connectivity index (χ2n) is 4.73. The lowest BCUT2D eigenvalue weighted by Crippen LogP contribution is -2.21. The van der Waals surface area contributed by atoms with Crippen LogP contribution in [0.1, 0.15) is 22.8 Å². The minimum absolute atomic E-state index is 0.0396. The second kappa shape index (κ2) is 6.67. The topological polar surface area (TPSA) is 62.2 Å². The van der Waals surface area contributed by atoms with E-state index < -0.39 is 5.97 Å². The Kier molecular flexibility index (Phi) is 4.90. The van der Waals surface area contributed by atoms with Crippen molar-refractivity contribution in [3.63, 3.8) is 0 Å². The molecule has 0 aliphatic carbocycles. The monoisotopic (exact) mass is 352 g/mol. The van der Waals surface area contributed by atoms with E-state index in [0.717, 1.165) is 5.56 Å². The van der Waals surface area contributed by atoms with Gasteiger partial charge in [-0.05, 0) is 53.0 Å². The molecule has 6 heteroatoms. The number of aromatic nitrogens is 1. The fourth-order valence-corrected chi connectivity index (χ4v) is 2.31. The highest BCUT2D eigenvalue weighted by molar-refractivity contribution is 9.10. The number of aromatic carboxylic acids is 1. The van der Waals surface area contributed by atoms with Crippen LogP contribution in [0.4, 0.5) is 10.2 Å². The Labute approximate surface area is 130 Å². The van der Waals surface area contributed by atoms with Crippen molar-refractivity contribution >= 4 is 27.7 Å². The molecule has 4 nitrogen and oxygen atoms in total. The molecule has 0 saturated carbocycles. The average Bonchev–Trinajstić information content (AvgIpc) is 2.43. The number of rotatable bonds is 5. The number of pyridine rings is 1. The zero-order chi connectivity index (χ0) is 15.4. The van der Waals surface area contributed by atoms with Gasteiger partial charge in [-0.3, -0.25) is 0 Å². The van der Waals surface area contributed by atoms with Crippen LogP contribution < -0.4 is 5.32 Å². The third-order valence-electron chi connectivity index (χ3n) is 2.92. The molecule has 0 spiro atoms. The molecule has 1 heterocycles. The van der Waals surface area contributed by atoms with Crippen LogP contribution in [0.3, 0.4) is 0 Å². The Bertz CT molecular complexity index is 647. The van der Waals surface area contributed by atoms with Gasteiger partial charge in [-0.25, -0.2) is 14.2 Å². The van der Waals surface area contributed by atoms with Crippen LogP contribution in [0.5, 0.6) is 0 Å². The number of carbonyl (C=O) groups is 1. The van der Waals surface area contributed by atoms with Gasteiger partial charge in [0, 0.05) is 16.7 Å². The lowest BCUT2D eigenvalue weighted by atomic mass is 10.1. The molecule has 2 aromatic rings. The van der Waals surface area contributed by atoms with Gasteiger partial charge in [0.2, 0.25) is 0 Å². The average molecular weight is 353 g/mol. The molecular formula is C15H14BrFN2O2. The van der Waals surface area contributed by atoms with Gasteiger partial charge < -0.3 is 10.4 Å². The van der Waals surface area contributed by atoms with Crippen LogP contribution in [0.2, 0.25) is 0 Å². The summed E-state index contributed by atoms with van der Waals surface area (Å²) in [7, 11) is 0. The predicted octanol–water partition coefficient (Wildman–Crippen LogP) is 3.72. The molecule has 0 radical (unpaired) electrons. The van der Waals surface area contributed by atoms with Crippen molar-refractivity contribution in [1.82, 2.24) is 4.98 Å². The summed E-state index contributed by atoms with van der Waals surface area (Å²) in [6.45, 7) is 1.92.